The van der Waals surface area contributed by atoms with Crippen LogP contribution in [-0.2, 0) is 6.42 Å². The Morgan fingerprint density at radius 1 is 1.40 bits per heavy atom. The van der Waals surface area contributed by atoms with Crippen molar-refractivity contribution in [3.63, 3.8) is 0 Å². The molecule has 0 atom stereocenters. The fourth-order valence-electron chi connectivity index (χ4n) is 1.16. The maximum absolute atomic E-state index is 12.2. The average Bonchev–Trinajstić information content (AvgIpc) is 2.26. The Kier molecular flexibility index (Phi) is 7.48. The lowest BCUT2D eigenvalue weighted by atomic mass is 10.1. The highest BCUT2D eigenvalue weighted by Crippen LogP contribution is 2.16. The first-order valence-electron chi connectivity index (χ1n) is 4.41. The van der Waals surface area contributed by atoms with Crippen LogP contribution in [0.5, 0.6) is 0 Å². The van der Waals surface area contributed by atoms with Gasteiger partial charge >= 0.3 is 0 Å². The summed E-state index contributed by atoms with van der Waals surface area (Å²) in [6.07, 6.45) is 3.23. The van der Waals surface area contributed by atoms with Crippen LogP contribution in [0.2, 0.25) is 0 Å². The quantitative estimate of drug-likeness (QED) is 0.827. The van der Waals surface area contributed by atoms with Crippen molar-refractivity contribution in [2.24, 2.45) is 5.73 Å². The molecule has 0 radical (unpaired) electrons. The average molecular weight is 248 g/mol. The Bertz CT molecular complexity index is 311. The third-order valence-corrected chi connectivity index (χ3v) is 2.75. The second-order valence-corrected chi connectivity index (χ2v) is 3.88. The van der Waals surface area contributed by atoms with Gasteiger partial charge < -0.3 is 5.73 Å². The van der Waals surface area contributed by atoms with E-state index in [1.807, 2.05) is 30.5 Å². The van der Waals surface area contributed by atoms with Crippen molar-refractivity contribution in [2.75, 3.05) is 12.8 Å². The molecule has 0 unspecified atom stereocenters. The third kappa shape index (κ3) is 4.69. The number of halogens is 2. The van der Waals surface area contributed by atoms with Crippen molar-refractivity contribution in [1.29, 1.82) is 0 Å². The number of nitrogens with two attached hydrogens (primary N) is 1. The van der Waals surface area contributed by atoms with Crippen molar-refractivity contribution >= 4 is 24.2 Å². The van der Waals surface area contributed by atoms with Crippen LogP contribution in [0.4, 0.5) is 4.39 Å². The predicted molar refractivity (Wildman–Crippen MR) is 67.4 cm³/mol. The summed E-state index contributed by atoms with van der Waals surface area (Å²) < 4.78 is 12.2. The van der Waals surface area contributed by atoms with Gasteiger partial charge in [0.15, 0.2) is 0 Å². The second kappa shape index (κ2) is 7.74. The predicted octanol–water partition coefficient (Wildman–Crippen LogP) is 3.18. The molecule has 1 aromatic carbocycles. The lowest BCUT2D eigenvalue weighted by Crippen LogP contribution is -2.05. The third-order valence-electron chi connectivity index (χ3n) is 2.01. The van der Waals surface area contributed by atoms with Crippen molar-refractivity contribution in [2.45, 2.75) is 11.3 Å². The van der Waals surface area contributed by atoms with E-state index in [1.165, 1.54) is 4.90 Å². The fraction of sp³-hybridized carbons (Fsp3) is 0.273. The summed E-state index contributed by atoms with van der Waals surface area (Å²) in [6.45, 7) is 0.279. The van der Waals surface area contributed by atoms with Crippen LogP contribution < -0.4 is 5.73 Å². The molecule has 0 spiro atoms. The Morgan fingerprint density at radius 3 is 2.40 bits per heavy atom. The van der Waals surface area contributed by atoms with E-state index in [1.54, 1.807) is 11.8 Å². The molecule has 84 valence electrons. The maximum Gasteiger partial charge on any atom is 0.0875 e. The van der Waals surface area contributed by atoms with Crippen LogP contribution in [0.3, 0.4) is 0 Å². The molecule has 0 saturated heterocycles. The molecule has 0 heterocycles. The standard InChI is InChI=1S/C11H14FNS.ClH/c1-14-11-4-2-9(3-5-11)6-10(7-12)8-13;/h2-5,7H,6,8,13H2,1H3;1H/b10-7-;. The van der Waals surface area contributed by atoms with Crippen LogP contribution in [-0.4, -0.2) is 12.8 Å². The monoisotopic (exact) mass is 247 g/mol. The normalized spacial score (nSPS) is 11.0. The zero-order valence-electron chi connectivity index (χ0n) is 8.57. The topological polar surface area (TPSA) is 26.0 Å². The first kappa shape index (κ1) is 14.5. The molecular formula is C11H15ClFNS. The smallest absolute Gasteiger partial charge is 0.0875 e. The Morgan fingerprint density at radius 2 is 2.00 bits per heavy atom. The van der Waals surface area contributed by atoms with E-state index in [9.17, 15) is 4.39 Å². The van der Waals surface area contributed by atoms with E-state index < -0.39 is 0 Å². The summed E-state index contributed by atoms with van der Waals surface area (Å²) in [5.74, 6) is 0. The van der Waals surface area contributed by atoms with Gasteiger partial charge in [-0.15, -0.1) is 24.2 Å². The summed E-state index contributed by atoms with van der Waals surface area (Å²) in [5, 5.41) is 0. The molecule has 15 heavy (non-hydrogen) atoms. The molecule has 0 aromatic heterocycles. The van der Waals surface area contributed by atoms with Crippen LogP contribution in [0.25, 0.3) is 0 Å². The summed E-state index contributed by atoms with van der Waals surface area (Å²) >= 11 is 1.69. The van der Waals surface area contributed by atoms with Gasteiger partial charge in [-0.05, 0) is 35.9 Å². The first-order chi connectivity index (χ1) is 6.80. The van der Waals surface area contributed by atoms with Crippen LogP contribution in [0.1, 0.15) is 5.56 Å². The molecule has 1 aromatic rings. The zero-order valence-corrected chi connectivity index (χ0v) is 10.2. The van der Waals surface area contributed by atoms with Gasteiger partial charge in [-0.2, -0.15) is 0 Å². The van der Waals surface area contributed by atoms with Gasteiger partial charge in [-0.3, -0.25) is 0 Å². The van der Waals surface area contributed by atoms with Gasteiger partial charge in [-0.25, -0.2) is 4.39 Å². The first-order valence-corrected chi connectivity index (χ1v) is 5.63. The van der Waals surface area contributed by atoms with E-state index in [2.05, 4.69) is 0 Å². The van der Waals surface area contributed by atoms with E-state index in [0.29, 0.717) is 18.3 Å². The summed E-state index contributed by atoms with van der Waals surface area (Å²) in [6, 6.07) is 8.08. The van der Waals surface area contributed by atoms with Crippen molar-refractivity contribution in [3.8, 4) is 0 Å². The molecule has 1 nitrogen and oxygen atoms in total. The lowest BCUT2D eigenvalue weighted by Gasteiger charge is -2.03. The van der Waals surface area contributed by atoms with Crippen molar-refractivity contribution in [1.82, 2.24) is 0 Å². The maximum atomic E-state index is 12.2. The number of thioether (sulfide) groups is 1. The van der Waals surface area contributed by atoms with Gasteiger partial charge in [0, 0.05) is 11.4 Å². The second-order valence-electron chi connectivity index (χ2n) is 3.00. The molecule has 2 N–H and O–H groups in total. The Labute approximate surface area is 100 Å². The lowest BCUT2D eigenvalue weighted by molar-refractivity contribution is 0.699. The van der Waals surface area contributed by atoms with E-state index in [4.69, 9.17) is 5.73 Å². The number of benzene rings is 1. The summed E-state index contributed by atoms with van der Waals surface area (Å²) in [7, 11) is 0. The van der Waals surface area contributed by atoms with Gasteiger partial charge in [0.2, 0.25) is 0 Å². The van der Waals surface area contributed by atoms with E-state index in [0.717, 1.165) is 5.56 Å². The molecule has 0 amide bonds. The van der Waals surface area contributed by atoms with Crippen molar-refractivity contribution < 1.29 is 4.39 Å². The number of rotatable bonds is 4. The summed E-state index contributed by atoms with van der Waals surface area (Å²) in [5.41, 5.74) is 7.10. The van der Waals surface area contributed by atoms with Gasteiger partial charge in [0.05, 0.1) is 6.33 Å². The number of hydrogen-bond acceptors (Lipinski definition) is 2. The van der Waals surface area contributed by atoms with Crippen LogP contribution in [0, 0.1) is 0 Å². The molecule has 0 aliphatic rings. The SMILES string of the molecule is CSc1ccc(C/C(=C/F)CN)cc1.Cl. The molecular weight excluding hydrogens is 233 g/mol. The molecule has 1 rings (SSSR count). The highest BCUT2D eigenvalue weighted by molar-refractivity contribution is 7.98. The molecule has 0 bridgehead atoms. The number of hydrogen-bond donors (Lipinski definition) is 1. The van der Waals surface area contributed by atoms with Gasteiger partial charge in [-0.1, -0.05) is 12.1 Å². The zero-order chi connectivity index (χ0) is 10.4. The van der Waals surface area contributed by atoms with Gasteiger partial charge in [0.25, 0.3) is 0 Å². The van der Waals surface area contributed by atoms with Crippen LogP contribution in [0.15, 0.2) is 41.1 Å². The van der Waals surface area contributed by atoms with Crippen LogP contribution >= 0.6 is 24.2 Å². The largest absolute Gasteiger partial charge is 0.327 e. The molecule has 0 aliphatic carbocycles. The summed E-state index contributed by atoms with van der Waals surface area (Å²) in [4.78, 5) is 1.22. The highest BCUT2D eigenvalue weighted by Gasteiger charge is 1.98. The van der Waals surface area contributed by atoms with E-state index in [-0.39, 0.29) is 19.0 Å². The van der Waals surface area contributed by atoms with Gasteiger partial charge in [0.1, 0.15) is 0 Å². The minimum atomic E-state index is 0. The molecule has 0 fully saturated rings. The fourth-order valence-corrected chi connectivity index (χ4v) is 1.57. The molecule has 0 aliphatic heterocycles. The molecule has 0 saturated carbocycles. The highest BCUT2D eigenvalue weighted by atomic mass is 35.5. The molecule has 4 heteroatoms. The Hall–Kier alpha value is -0.510. The Balaban J connectivity index is 0.00000196. The van der Waals surface area contributed by atoms with E-state index >= 15 is 0 Å². The van der Waals surface area contributed by atoms with Crippen molar-refractivity contribution in [3.05, 3.63) is 41.7 Å². The minimum Gasteiger partial charge on any atom is -0.327 e. The minimum absolute atomic E-state index is 0.